The second-order valence-electron chi connectivity index (χ2n) is 10.5. The molecule has 2 aliphatic carbocycles. The number of rotatable bonds is 7. The van der Waals surface area contributed by atoms with Gasteiger partial charge in [0, 0.05) is 54.1 Å². The zero-order valence-electron chi connectivity index (χ0n) is 19.3. The standard InChI is InChI=1S/C27H29Cl2N3O2/c1-31(23-16-32-12-11-27(32)15-20(23)27)24(33)22(13-17-5-3-2-4-6-17)30-25(34)26(9-10-26)19-8-7-18(28)14-21(19)29/h2-8,14,20,22-23H,9-13,15-16H2,1H3,(H,30,34)/t20?,22-,23?,27?/m0/s1. The molecule has 0 bridgehead atoms. The van der Waals surface area contributed by atoms with Gasteiger partial charge in [-0.15, -0.1) is 0 Å². The Hall–Kier alpha value is -2.08. The summed E-state index contributed by atoms with van der Waals surface area (Å²) in [7, 11) is 1.91. The van der Waals surface area contributed by atoms with E-state index in [4.69, 9.17) is 23.2 Å². The van der Waals surface area contributed by atoms with E-state index in [0.717, 1.165) is 24.2 Å². The Morgan fingerprint density at radius 2 is 1.91 bits per heavy atom. The number of halogens is 2. The Kier molecular flexibility index (Phi) is 5.25. The molecular weight excluding hydrogens is 469 g/mol. The molecule has 4 fully saturated rings. The zero-order chi connectivity index (χ0) is 23.7. The minimum Gasteiger partial charge on any atom is -0.343 e. The van der Waals surface area contributed by atoms with Crippen molar-refractivity contribution >= 4 is 35.0 Å². The first kappa shape index (κ1) is 22.4. The molecule has 2 aromatic carbocycles. The summed E-state index contributed by atoms with van der Waals surface area (Å²) < 4.78 is 0. The monoisotopic (exact) mass is 497 g/mol. The molecule has 2 aliphatic heterocycles. The van der Waals surface area contributed by atoms with Gasteiger partial charge in [0.25, 0.3) is 0 Å². The minimum absolute atomic E-state index is 0.00949. The highest BCUT2D eigenvalue weighted by Crippen LogP contribution is 2.63. The predicted octanol–water partition coefficient (Wildman–Crippen LogP) is 4.06. The lowest BCUT2D eigenvalue weighted by molar-refractivity contribution is -0.137. The highest BCUT2D eigenvalue weighted by atomic mass is 35.5. The van der Waals surface area contributed by atoms with E-state index >= 15 is 0 Å². The molecule has 1 N–H and O–H groups in total. The second kappa shape index (κ2) is 7.97. The van der Waals surface area contributed by atoms with Crippen molar-refractivity contribution in [3.05, 3.63) is 69.7 Å². The number of carbonyl (C=O) groups excluding carboxylic acids is 2. The van der Waals surface area contributed by atoms with E-state index in [-0.39, 0.29) is 17.9 Å². The van der Waals surface area contributed by atoms with Crippen LogP contribution in [0, 0.1) is 5.92 Å². The predicted molar refractivity (Wildman–Crippen MR) is 133 cm³/mol. The number of amides is 2. The second-order valence-corrected chi connectivity index (χ2v) is 11.4. The average molecular weight is 498 g/mol. The van der Waals surface area contributed by atoms with Crippen molar-refractivity contribution < 1.29 is 9.59 Å². The summed E-state index contributed by atoms with van der Waals surface area (Å²) in [5.41, 5.74) is 1.51. The van der Waals surface area contributed by atoms with Gasteiger partial charge in [-0.3, -0.25) is 14.5 Å². The third-order valence-corrected chi connectivity index (χ3v) is 9.33. The SMILES string of the molecule is CN(C(=O)[C@H](Cc1ccccc1)NC(=O)C1(c2ccc(Cl)cc2Cl)CC1)C1CN2CCC23CC13. The van der Waals surface area contributed by atoms with E-state index < -0.39 is 11.5 Å². The lowest BCUT2D eigenvalue weighted by Gasteiger charge is -2.39. The van der Waals surface area contributed by atoms with Crippen LogP contribution in [-0.4, -0.2) is 59.4 Å². The maximum absolute atomic E-state index is 13.8. The quantitative estimate of drug-likeness (QED) is 0.627. The Morgan fingerprint density at radius 3 is 2.47 bits per heavy atom. The van der Waals surface area contributed by atoms with Crippen LogP contribution in [0.2, 0.25) is 10.0 Å². The number of nitrogens with zero attached hydrogens (tertiary/aromatic N) is 2. The van der Waals surface area contributed by atoms with E-state index in [2.05, 4.69) is 10.2 Å². The first-order valence-electron chi connectivity index (χ1n) is 12.2. The fourth-order valence-corrected chi connectivity index (χ4v) is 7.01. The van der Waals surface area contributed by atoms with Crippen molar-refractivity contribution in [2.24, 2.45) is 5.92 Å². The first-order valence-corrected chi connectivity index (χ1v) is 12.9. The van der Waals surface area contributed by atoms with Crippen molar-refractivity contribution in [2.75, 3.05) is 20.1 Å². The number of piperidine rings is 1. The lowest BCUT2D eigenvalue weighted by Crippen LogP contribution is -2.54. The van der Waals surface area contributed by atoms with E-state index in [1.54, 1.807) is 12.1 Å². The van der Waals surface area contributed by atoms with Gasteiger partial charge in [-0.1, -0.05) is 59.6 Å². The van der Waals surface area contributed by atoms with Gasteiger partial charge in [0.05, 0.1) is 5.41 Å². The third kappa shape index (κ3) is 3.47. The van der Waals surface area contributed by atoms with Crippen LogP contribution in [-0.2, 0) is 21.4 Å². The minimum atomic E-state index is -0.686. The summed E-state index contributed by atoms with van der Waals surface area (Å²) >= 11 is 12.6. The Balaban J connectivity index is 1.24. The topological polar surface area (TPSA) is 52.7 Å². The fraction of sp³-hybridized carbons (Fsp3) is 0.481. The summed E-state index contributed by atoms with van der Waals surface area (Å²) in [6.07, 6.45) is 4.34. The van der Waals surface area contributed by atoms with Gasteiger partial charge < -0.3 is 10.2 Å². The van der Waals surface area contributed by atoms with Crippen LogP contribution in [0.1, 0.15) is 36.8 Å². The summed E-state index contributed by atoms with van der Waals surface area (Å²) in [6, 6.07) is 14.8. The summed E-state index contributed by atoms with van der Waals surface area (Å²) in [6.45, 7) is 2.09. The van der Waals surface area contributed by atoms with Crippen molar-refractivity contribution in [1.29, 1.82) is 0 Å². The van der Waals surface area contributed by atoms with E-state index in [0.29, 0.717) is 40.8 Å². The number of likely N-dealkylation sites (N-methyl/N-ethyl adjacent to an activating group) is 1. The maximum Gasteiger partial charge on any atom is 0.245 e. The molecule has 34 heavy (non-hydrogen) atoms. The van der Waals surface area contributed by atoms with Gasteiger partial charge in [0.2, 0.25) is 11.8 Å². The van der Waals surface area contributed by atoms with Crippen LogP contribution in [0.4, 0.5) is 0 Å². The summed E-state index contributed by atoms with van der Waals surface area (Å²) in [5, 5.41) is 4.18. The smallest absolute Gasteiger partial charge is 0.245 e. The molecule has 7 heteroatoms. The van der Waals surface area contributed by atoms with Crippen LogP contribution >= 0.6 is 23.2 Å². The molecule has 6 rings (SSSR count). The third-order valence-electron chi connectivity index (χ3n) is 8.78. The van der Waals surface area contributed by atoms with Gasteiger partial charge in [-0.25, -0.2) is 0 Å². The molecule has 3 unspecified atom stereocenters. The highest BCUT2D eigenvalue weighted by molar-refractivity contribution is 6.35. The number of carbonyl (C=O) groups is 2. The van der Waals surface area contributed by atoms with Gasteiger partial charge in [-0.2, -0.15) is 0 Å². The molecule has 2 saturated heterocycles. The van der Waals surface area contributed by atoms with Crippen LogP contribution in [0.3, 0.4) is 0 Å². The van der Waals surface area contributed by atoms with E-state index in [1.807, 2.05) is 48.3 Å². The van der Waals surface area contributed by atoms with Crippen LogP contribution in [0.5, 0.6) is 0 Å². The fourth-order valence-electron chi connectivity index (χ4n) is 6.42. The molecule has 2 aromatic rings. The summed E-state index contributed by atoms with van der Waals surface area (Å²) in [5.74, 6) is 0.438. The molecule has 2 heterocycles. The van der Waals surface area contributed by atoms with Crippen molar-refractivity contribution in [1.82, 2.24) is 15.1 Å². The van der Waals surface area contributed by atoms with Crippen LogP contribution in [0.25, 0.3) is 0 Å². The molecule has 0 radical (unpaired) electrons. The number of hydrogen-bond acceptors (Lipinski definition) is 3. The number of hydrogen-bond donors (Lipinski definition) is 1. The molecule has 5 nitrogen and oxygen atoms in total. The largest absolute Gasteiger partial charge is 0.343 e. The number of benzene rings is 2. The molecule has 4 aliphatic rings. The van der Waals surface area contributed by atoms with Crippen molar-refractivity contribution in [3.8, 4) is 0 Å². The van der Waals surface area contributed by atoms with Gasteiger partial charge in [0.1, 0.15) is 6.04 Å². The molecule has 4 atom stereocenters. The zero-order valence-corrected chi connectivity index (χ0v) is 20.8. The van der Waals surface area contributed by atoms with Gasteiger partial charge in [-0.05, 0) is 48.9 Å². The van der Waals surface area contributed by atoms with Crippen LogP contribution < -0.4 is 5.32 Å². The molecule has 0 aromatic heterocycles. The Morgan fingerprint density at radius 1 is 1.15 bits per heavy atom. The molecule has 2 amide bonds. The highest BCUT2D eigenvalue weighted by Gasteiger charge is 2.71. The lowest BCUT2D eigenvalue weighted by atomic mass is 9.93. The molecule has 1 spiro atoms. The Labute approximate surface area is 210 Å². The molecule has 178 valence electrons. The van der Waals surface area contributed by atoms with Gasteiger partial charge >= 0.3 is 0 Å². The first-order chi connectivity index (χ1) is 16.3. The normalized spacial score (nSPS) is 28.8. The maximum atomic E-state index is 13.8. The average Bonchev–Trinajstić information content (AvgIpc) is 3.72. The molecular formula is C27H29Cl2N3O2. The van der Waals surface area contributed by atoms with E-state index in [1.165, 1.54) is 12.8 Å². The Bertz CT molecular complexity index is 1150. The number of nitrogens with one attached hydrogen (secondary N) is 1. The summed E-state index contributed by atoms with van der Waals surface area (Å²) in [4.78, 5) is 31.9. The van der Waals surface area contributed by atoms with Crippen molar-refractivity contribution in [2.45, 2.75) is 55.1 Å². The molecule has 2 saturated carbocycles. The van der Waals surface area contributed by atoms with Crippen LogP contribution in [0.15, 0.2) is 48.5 Å². The van der Waals surface area contributed by atoms with E-state index in [9.17, 15) is 9.59 Å². The van der Waals surface area contributed by atoms with Crippen molar-refractivity contribution in [3.63, 3.8) is 0 Å². The van der Waals surface area contributed by atoms with Gasteiger partial charge in [0.15, 0.2) is 0 Å².